The topological polar surface area (TPSA) is 40.9 Å². The molecule has 2 heteroatoms. The summed E-state index contributed by atoms with van der Waals surface area (Å²) in [4.78, 5) is 11.8. The van der Waals surface area contributed by atoms with Gasteiger partial charge in [0.05, 0.1) is 6.07 Å². The fourth-order valence-corrected chi connectivity index (χ4v) is 2.48. The normalized spacial score (nSPS) is 26.6. The Bertz CT molecular complexity index is 277. The minimum atomic E-state index is -0.342. The van der Waals surface area contributed by atoms with E-state index in [2.05, 4.69) is 12.6 Å². The second-order valence-electron chi connectivity index (χ2n) is 4.65. The van der Waals surface area contributed by atoms with E-state index in [9.17, 15) is 4.79 Å². The van der Waals surface area contributed by atoms with E-state index in [1.54, 1.807) is 0 Å². The van der Waals surface area contributed by atoms with Crippen LogP contribution in [0.25, 0.3) is 0 Å². The van der Waals surface area contributed by atoms with Gasteiger partial charge in [0.2, 0.25) is 0 Å². The fourth-order valence-electron chi connectivity index (χ4n) is 2.48. The maximum atomic E-state index is 11.8. The average Bonchev–Trinajstić information content (AvgIpc) is 2.26. The lowest BCUT2D eigenvalue weighted by Crippen LogP contribution is -2.24. The molecule has 0 aromatic heterocycles. The van der Waals surface area contributed by atoms with Gasteiger partial charge in [0.25, 0.3) is 0 Å². The van der Waals surface area contributed by atoms with Crippen LogP contribution < -0.4 is 0 Å². The van der Waals surface area contributed by atoms with E-state index in [0.717, 1.165) is 38.5 Å². The predicted octanol–water partition coefficient (Wildman–Crippen LogP) is 3.63. The van der Waals surface area contributed by atoms with Gasteiger partial charge in [-0.1, -0.05) is 18.9 Å². The van der Waals surface area contributed by atoms with Crippen molar-refractivity contribution in [3.05, 3.63) is 12.7 Å². The Kier molecular flexibility index (Phi) is 5.85. The van der Waals surface area contributed by atoms with Gasteiger partial charge in [-0.05, 0) is 38.0 Å². The molecule has 0 amide bonds. The number of nitrogens with zero attached hydrogens (tertiary/aromatic N) is 1. The molecule has 0 aromatic rings. The van der Waals surface area contributed by atoms with Gasteiger partial charge in [-0.2, -0.15) is 5.26 Å². The third-order valence-corrected chi connectivity index (χ3v) is 3.44. The van der Waals surface area contributed by atoms with E-state index >= 15 is 0 Å². The standard InChI is InChI=1S/C14H21NO/c1-2-3-5-8-12-9-6-4-7-10-14(16)13(12)11-15/h2,12-13H,1,3-10H2/t12-,13+/m1/s1. The Hall–Kier alpha value is -1.10. The molecule has 0 unspecified atom stereocenters. The summed E-state index contributed by atoms with van der Waals surface area (Å²) in [5.41, 5.74) is 0. The molecule has 1 fully saturated rings. The minimum absolute atomic E-state index is 0.172. The molecule has 1 aliphatic carbocycles. The van der Waals surface area contributed by atoms with Crippen molar-refractivity contribution in [2.75, 3.05) is 0 Å². The molecule has 2 nitrogen and oxygen atoms in total. The molecule has 1 rings (SSSR count). The van der Waals surface area contributed by atoms with Crippen LogP contribution in [0.2, 0.25) is 0 Å². The summed E-state index contributed by atoms with van der Waals surface area (Å²) in [7, 11) is 0. The first kappa shape index (κ1) is 13.0. The van der Waals surface area contributed by atoms with E-state index in [0.29, 0.717) is 6.42 Å². The number of nitriles is 1. The zero-order chi connectivity index (χ0) is 11.8. The smallest absolute Gasteiger partial charge is 0.150 e. The average molecular weight is 219 g/mol. The van der Waals surface area contributed by atoms with Gasteiger partial charge < -0.3 is 0 Å². The van der Waals surface area contributed by atoms with Gasteiger partial charge in [-0.3, -0.25) is 4.79 Å². The lowest BCUT2D eigenvalue weighted by Gasteiger charge is -2.23. The van der Waals surface area contributed by atoms with Crippen LogP contribution in [0.4, 0.5) is 0 Å². The maximum Gasteiger partial charge on any atom is 0.150 e. The molecular formula is C14H21NO. The van der Waals surface area contributed by atoms with Crippen molar-refractivity contribution in [1.82, 2.24) is 0 Å². The number of carbonyl (C=O) groups excluding carboxylic acids is 1. The Morgan fingerprint density at radius 1 is 1.44 bits per heavy atom. The number of Topliss-reactive ketones (excluding diaryl/α,β-unsaturated/α-hetero) is 1. The van der Waals surface area contributed by atoms with Gasteiger partial charge in [0.15, 0.2) is 0 Å². The molecule has 88 valence electrons. The number of carbonyl (C=O) groups is 1. The van der Waals surface area contributed by atoms with Crippen LogP contribution >= 0.6 is 0 Å². The quantitative estimate of drug-likeness (QED) is 0.535. The monoisotopic (exact) mass is 219 g/mol. The highest BCUT2D eigenvalue weighted by molar-refractivity contribution is 5.83. The highest BCUT2D eigenvalue weighted by Gasteiger charge is 2.28. The van der Waals surface area contributed by atoms with Gasteiger partial charge in [0.1, 0.15) is 11.7 Å². The van der Waals surface area contributed by atoms with Crippen LogP contribution in [-0.4, -0.2) is 5.78 Å². The molecule has 16 heavy (non-hydrogen) atoms. The minimum Gasteiger partial charge on any atom is -0.298 e. The van der Waals surface area contributed by atoms with Crippen LogP contribution in [0.5, 0.6) is 0 Å². The number of ketones is 1. The van der Waals surface area contributed by atoms with Crippen molar-refractivity contribution in [1.29, 1.82) is 5.26 Å². The molecule has 0 heterocycles. The number of hydrogen-bond donors (Lipinski definition) is 0. The summed E-state index contributed by atoms with van der Waals surface area (Å²) in [5.74, 6) is 0.119. The number of allylic oxidation sites excluding steroid dienone is 1. The molecule has 0 N–H and O–H groups in total. The first-order chi connectivity index (χ1) is 7.79. The highest BCUT2D eigenvalue weighted by atomic mass is 16.1. The van der Waals surface area contributed by atoms with E-state index in [1.165, 1.54) is 6.42 Å². The molecule has 0 saturated heterocycles. The lowest BCUT2D eigenvalue weighted by molar-refractivity contribution is -0.123. The van der Waals surface area contributed by atoms with Crippen molar-refractivity contribution >= 4 is 5.78 Å². The van der Waals surface area contributed by atoms with E-state index in [-0.39, 0.29) is 17.6 Å². The van der Waals surface area contributed by atoms with Crippen LogP contribution in [-0.2, 0) is 4.79 Å². The van der Waals surface area contributed by atoms with Crippen LogP contribution in [0.1, 0.15) is 51.4 Å². The first-order valence-corrected chi connectivity index (χ1v) is 6.32. The van der Waals surface area contributed by atoms with Crippen molar-refractivity contribution in [2.45, 2.75) is 51.4 Å². The molecule has 1 aliphatic rings. The van der Waals surface area contributed by atoms with Gasteiger partial charge in [0, 0.05) is 6.42 Å². The molecule has 0 radical (unpaired) electrons. The third-order valence-electron chi connectivity index (χ3n) is 3.44. The molecule has 0 aliphatic heterocycles. The largest absolute Gasteiger partial charge is 0.298 e. The number of unbranched alkanes of at least 4 members (excludes halogenated alkanes) is 1. The number of rotatable bonds is 4. The Balaban J connectivity index is 2.56. The zero-order valence-corrected chi connectivity index (χ0v) is 9.95. The number of hydrogen-bond acceptors (Lipinski definition) is 2. The third kappa shape index (κ3) is 3.81. The van der Waals surface area contributed by atoms with E-state index < -0.39 is 0 Å². The lowest BCUT2D eigenvalue weighted by atomic mass is 9.79. The summed E-state index contributed by atoms with van der Waals surface area (Å²) in [6.45, 7) is 3.70. The summed E-state index contributed by atoms with van der Waals surface area (Å²) in [6.07, 6.45) is 9.88. The molecular weight excluding hydrogens is 198 g/mol. The van der Waals surface area contributed by atoms with Crippen LogP contribution in [0, 0.1) is 23.2 Å². The highest BCUT2D eigenvalue weighted by Crippen LogP contribution is 2.29. The fraction of sp³-hybridized carbons (Fsp3) is 0.714. The van der Waals surface area contributed by atoms with Crippen molar-refractivity contribution in [3.63, 3.8) is 0 Å². The van der Waals surface area contributed by atoms with Crippen LogP contribution in [0.3, 0.4) is 0 Å². The Morgan fingerprint density at radius 3 is 2.94 bits per heavy atom. The molecule has 0 aromatic carbocycles. The summed E-state index contributed by atoms with van der Waals surface area (Å²) in [5, 5.41) is 9.11. The van der Waals surface area contributed by atoms with Crippen LogP contribution in [0.15, 0.2) is 12.7 Å². The molecule has 2 atom stereocenters. The molecule has 1 saturated carbocycles. The summed E-state index contributed by atoms with van der Waals surface area (Å²) >= 11 is 0. The molecule has 0 spiro atoms. The Labute approximate surface area is 98.3 Å². The second kappa shape index (κ2) is 7.22. The Morgan fingerprint density at radius 2 is 2.25 bits per heavy atom. The summed E-state index contributed by atoms with van der Waals surface area (Å²) in [6, 6.07) is 2.22. The van der Waals surface area contributed by atoms with Crippen molar-refractivity contribution in [2.24, 2.45) is 11.8 Å². The molecule has 0 bridgehead atoms. The zero-order valence-electron chi connectivity index (χ0n) is 9.95. The van der Waals surface area contributed by atoms with E-state index in [1.807, 2.05) is 6.08 Å². The maximum absolute atomic E-state index is 11.8. The SMILES string of the molecule is C=CCCC[C@@H]1CCCCCC(=O)[C@H]1C#N. The van der Waals surface area contributed by atoms with Gasteiger partial charge >= 0.3 is 0 Å². The van der Waals surface area contributed by atoms with Crippen molar-refractivity contribution in [3.8, 4) is 6.07 Å². The van der Waals surface area contributed by atoms with Gasteiger partial charge in [-0.25, -0.2) is 0 Å². The summed E-state index contributed by atoms with van der Waals surface area (Å²) < 4.78 is 0. The van der Waals surface area contributed by atoms with Crippen molar-refractivity contribution < 1.29 is 4.79 Å². The second-order valence-corrected chi connectivity index (χ2v) is 4.65. The van der Waals surface area contributed by atoms with Gasteiger partial charge in [-0.15, -0.1) is 6.58 Å². The van der Waals surface area contributed by atoms with E-state index in [4.69, 9.17) is 5.26 Å². The first-order valence-electron chi connectivity index (χ1n) is 6.32. The predicted molar refractivity (Wildman–Crippen MR) is 64.7 cm³/mol.